The van der Waals surface area contributed by atoms with E-state index in [9.17, 15) is 0 Å². The van der Waals surface area contributed by atoms with Gasteiger partial charge in [0.25, 0.3) is 0 Å². The van der Waals surface area contributed by atoms with Crippen molar-refractivity contribution in [1.82, 2.24) is 5.32 Å². The van der Waals surface area contributed by atoms with Crippen molar-refractivity contribution in [3.05, 3.63) is 0 Å². The Hall–Kier alpha value is 0.270. The second-order valence-corrected chi connectivity index (χ2v) is 7.24. The molecule has 17 heavy (non-hydrogen) atoms. The highest BCUT2D eigenvalue weighted by Gasteiger charge is 2.38. The Bertz CT molecular complexity index is 243. The monoisotopic (exact) mass is 255 g/mol. The van der Waals surface area contributed by atoms with Crippen molar-refractivity contribution in [2.24, 2.45) is 5.92 Å². The van der Waals surface area contributed by atoms with Crippen LogP contribution in [0.25, 0.3) is 0 Å². The molecule has 3 aliphatic rings. The minimum atomic E-state index is 0.285. The van der Waals surface area contributed by atoms with E-state index in [1.165, 1.54) is 63.0 Å². The summed E-state index contributed by atoms with van der Waals surface area (Å²) in [6.45, 7) is 2.25. The van der Waals surface area contributed by atoms with Crippen molar-refractivity contribution in [2.75, 3.05) is 24.7 Å². The average Bonchev–Trinajstić information content (AvgIpc) is 3.14. The molecular formula is C14H25NOS. The molecule has 0 aromatic rings. The molecular weight excluding hydrogens is 230 g/mol. The van der Waals surface area contributed by atoms with E-state index in [0.717, 1.165) is 18.6 Å². The second kappa shape index (κ2) is 5.50. The Morgan fingerprint density at radius 1 is 1.18 bits per heavy atom. The van der Waals surface area contributed by atoms with Gasteiger partial charge in [0, 0.05) is 12.6 Å². The first-order chi connectivity index (χ1) is 8.36. The number of hydrogen-bond donors (Lipinski definition) is 1. The standard InChI is InChI=1S/C14H25NOS/c1-2-13(1)15-7-3-12-4-8-16-14(11-12)5-9-17-10-6-14/h12-13,15H,1-11H2. The summed E-state index contributed by atoms with van der Waals surface area (Å²) in [5, 5.41) is 3.65. The first kappa shape index (κ1) is 12.3. The van der Waals surface area contributed by atoms with Crippen LogP contribution in [0.1, 0.15) is 44.9 Å². The lowest BCUT2D eigenvalue weighted by Gasteiger charge is -2.43. The van der Waals surface area contributed by atoms with E-state index in [1.807, 2.05) is 0 Å². The lowest BCUT2D eigenvalue weighted by molar-refractivity contribution is -0.103. The third kappa shape index (κ3) is 3.39. The summed E-state index contributed by atoms with van der Waals surface area (Å²) in [6, 6.07) is 0.870. The van der Waals surface area contributed by atoms with Crippen LogP contribution in [-0.2, 0) is 4.74 Å². The summed E-state index contributed by atoms with van der Waals surface area (Å²) in [7, 11) is 0. The maximum Gasteiger partial charge on any atom is 0.0700 e. The summed E-state index contributed by atoms with van der Waals surface area (Å²) in [5.41, 5.74) is 0.285. The Balaban J connectivity index is 1.44. The molecule has 1 saturated carbocycles. The van der Waals surface area contributed by atoms with Gasteiger partial charge in [0.1, 0.15) is 0 Å². The van der Waals surface area contributed by atoms with Crippen molar-refractivity contribution in [3.8, 4) is 0 Å². The van der Waals surface area contributed by atoms with Gasteiger partial charge >= 0.3 is 0 Å². The van der Waals surface area contributed by atoms with Crippen molar-refractivity contribution < 1.29 is 4.74 Å². The zero-order valence-corrected chi connectivity index (χ0v) is 11.6. The fourth-order valence-electron chi connectivity index (χ4n) is 3.25. The summed E-state index contributed by atoms with van der Waals surface area (Å²) in [5.74, 6) is 3.54. The van der Waals surface area contributed by atoms with E-state index in [-0.39, 0.29) is 5.60 Å². The van der Waals surface area contributed by atoms with Gasteiger partial charge in [-0.05, 0) is 68.9 Å². The highest BCUT2D eigenvalue weighted by atomic mass is 32.2. The Kier molecular flexibility index (Phi) is 3.98. The van der Waals surface area contributed by atoms with E-state index in [1.54, 1.807) is 0 Å². The largest absolute Gasteiger partial charge is 0.375 e. The van der Waals surface area contributed by atoms with Gasteiger partial charge in [-0.2, -0.15) is 11.8 Å². The zero-order chi connectivity index (χ0) is 11.6. The molecule has 0 bridgehead atoms. The molecule has 2 heterocycles. The van der Waals surface area contributed by atoms with Crippen molar-refractivity contribution in [3.63, 3.8) is 0 Å². The lowest BCUT2D eigenvalue weighted by Crippen LogP contribution is -2.43. The van der Waals surface area contributed by atoms with Crippen LogP contribution in [-0.4, -0.2) is 36.3 Å². The molecule has 2 nitrogen and oxygen atoms in total. The van der Waals surface area contributed by atoms with Crippen LogP contribution in [0.2, 0.25) is 0 Å². The molecule has 0 amide bonds. The smallest absolute Gasteiger partial charge is 0.0700 e. The molecule has 3 heteroatoms. The lowest BCUT2D eigenvalue weighted by atomic mass is 9.80. The maximum absolute atomic E-state index is 6.14. The Morgan fingerprint density at radius 2 is 2.00 bits per heavy atom. The summed E-state index contributed by atoms with van der Waals surface area (Å²) < 4.78 is 6.14. The van der Waals surface area contributed by atoms with Gasteiger partial charge in [0.2, 0.25) is 0 Å². The number of ether oxygens (including phenoxy) is 1. The Labute approximate surface area is 109 Å². The first-order valence-corrected chi connectivity index (χ1v) is 8.47. The summed E-state index contributed by atoms with van der Waals surface area (Å²) in [4.78, 5) is 0. The maximum atomic E-state index is 6.14. The minimum absolute atomic E-state index is 0.285. The van der Waals surface area contributed by atoms with E-state index in [4.69, 9.17) is 4.74 Å². The van der Waals surface area contributed by atoms with Gasteiger partial charge in [-0.25, -0.2) is 0 Å². The van der Waals surface area contributed by atoms with Crippen LogP contribution in [0.4, 0.5) is 0 Å². The molecule has 2 aliphatic heterocycles. The SMILES string of the molecule is C(CC1CCOC2(CCSCC2)C1)NC1CC1. The van der Waals surface area contributed by atoms with Crippen molar-refractivity contribution >= 4 is 11.8 Å². The molecule has 1 aliphatic carbocycles. The van der Waals surface area contributed by atoms with Crippen LogP contribution in [0, 0.1) is 5.92 Å². The van der Waals surface area contributed by atoms with Gasteiger partial charge in [-0.3, -0.25) is 0 Å². The average molecular weight is 255 g/mol. The number of rotatable bonds is 4. The van der Waals surface area contributed by atoms with Crippen LogP contribution < -0.4 is 5.32 Å². The van der Waals surface area contributed by atoms with Gasteiger partial charge < -0.3 is 10.1 Å². The predicted octanol–water partition coefficient (Wildman–Crippen LogP) is 2.82. The summed E-state index contributed by atoms with van der Waals surface area (Å²) >= 11 is 2.10. The molecule has 1 atom stereocenters. The third-order valence-corrected chi connectivity index (χ3v) is 5.55. The van der Waals surface area contributed by atoms with Gasteiger partial charge in [-0.1, -0.05) is 0 Å². The fourth-order valence-corrected chi connectivity index (χ4v) is 4.48. The molecule has 1 unspecified atom stereocenters. The molecule has 0 aromatic carbocycles. The zero-order valence-electron chi connectivity index (χ0n) is 10.7. The predicted molar refractivity (Wildman–Crippen MR) is 73.6 cm³/mol. The van der Waals surface area contributed by atoms with E-state index in [0.29, 0.717) is 0 Å². The number of thioether (sulfide) groups is 1. The van der Waals surface area contributed by atoms with Crippen LogP contribution in [0.5, 0.6) is 0 Å². The highest BCUT2D eigenvalue weighted by molar-refractivity contribution is 7.99. The van der Waals surface area contributed by atoms with Crippen LogP contribution in [0.3, 0.4) is 0 Å². The normalized spacial score (nSPS) is 32.8. The molecule has 1 N–H and O–H groups in total. The molecule has 2 saturated heterocycles. The Morgan fingerprint density at radius 3 is 2.76 bits per heavy atom. The van der Waals surface area contributed by atoms with Gasteiger partial charge in [0.15, 0.2) is 0 Å². The molecule has 3 rings (SSSR count). The quantitative estimate of drug-likeness (QED) is 0.834. The highest BCUT2D eigenvalue weighted by Crippen LogP contribution is 2.40. The molecule has 0 radical (unpaired) electrons. The third-order valence-electron chi connectivity index (χ3n) is 4.56. The van der Waals surface area contributed by atoms with Crippen molar-refractivity contribution in [2.45, 2.75) is 56.6 Å². The number of hydrogen-bond acceptors (Lipinski definition) is 3. The number of nitrogens with one attached hydrogen (secondary N) is 1. The topological polar surface area (TPSA) is 21.3 Å². The van der Waals surface area contributed by atoms with E-state index >= 15 is 0 Å². The van der Waals surface area contributed by atoms with E-state index < -0.39 is 0 Å². The molecule has 98 valence electrons. The molecule has 1 spiro atoms. The van der Waals surface area contributed by atoms with Crippen molar-refractivity contribution in [1.29, 1.82) is 0 Å². The van der Waals surface area contributed by atoms with Crippen LogP contribution in [0.15, 0.2) is 0 Å². The van der Waals surface area contributed by atoms with E-state index in [2.05, 4.69) is 17.1 Å². The van der Waals surface area contributed by atoms with Gasteiger partial charge in [0.05, 0.1) is 5.60 Å². The molecule has 3 fully saturated rings. The minimum Gasteiger partial charge on any atom is -0.375 e. The second-order valence-electron chi connectivity index (χ2n) is 6.02. The van der Waals surface area contributed by atoms with Crippen LogP contribution >= 0.6 is 11.8 Å². The van der Waals surface area contributed by atoms with Gasteiger partial charge in [-0.15, -0.1) is 0 Å². The summed E-state index contributed by atoms with van der Waals surface area (Å²) in [6.07, 6.45) is 9.41. The molecule has 0 aromatic heterocycles. The first-order valence-electron chi connectivity index (χ1n) is 7.31. The fraction of sp³-hybridized carbons (Fsp3) is 1.00.